The van der Waals surface area contributed by atoms with Crippen molar-refractivity contribution >= 4 is 5.97 Å². The molecule has 0 saturated heterocycles. The Bertz CT molecular complexity index is 438. The summed E-state index contributed by atoms with van der Waals surface area (Å²) in [5.41, 5.74) is 1.12. The highest BCUT2D eigenvalue weighted by molar-refractivity contribution is 5.75. The molecule has 0 amide bonds. The Morgan fingerprint density at radius 3 is 2.50 bits per heavy atom. The van der Waals surface area contributed by atoms with Crippen molar-refractivity contribution in [1.29, 1.82) is 0 Å². The maximum atomic E-state index is 11.6. The quantitative estimate of drug-likeness (QED) is 0.813. The topological polar surface area (TPSA) is 47.6 Å². The zero-order valence-electron chi connectivity index (χ0n) is 13.0. The zero-order valence-corrected chi connectivity index (χ0v) is 13.0. The monoisotopic (exact) mass is 279 g/mol. The number of esters is 1. The van der Waals surface area contributed by atoms with Crippen LogP contribution in [0, 0.1) is 0 Å². The molecule has 1 aromatic carbocycles. The first-order valence-corrected chi connectivity index (χ1v) is 6.93. The highest BCUT2D eigenvalue weighted by Gasteiger charge is 2.22. The highest BCUT2D eigenvalue weighted by Crippen LogP contribution is 2.30. The summed E-state index contributed by atoms with van der Waals surface area (Å²) >= 11 is 0. The molecule has 0 heterocycles. The molecule has 4 heteroatoms. The number of nitrogens with one attached hydrogen (secondary N) is 1. The number of carbonyl (C=O) groups excluding carboxylic acids is 1. The molecular weight excluding hydrogens is 254 g/mol. The fourth-order valence-electron chi connectivity index (χ4n) is 1.98. The van der Waals surface area contributed by atoms with E-state index in [4.69, 9.17) is 9.47 Å². The van der Waals surface area contributed by atoms with Gasteiger partial charge in [0.2, 0.25) is 0 Å². The standard InChI is InChI=1S/C16H25NO3/c1-6-17-13(15(18)19-5)11-20-14-10-8-7-9-12(14)16(2,3)4/h7-10,13,17H,6,11H2,1-5H3. The number of likely N-dealkylation sites (N-methyl/N-ethyl adjacent to an activating group) is 1. The van der Waals surface area contributed by atoms with E-state index in [1.807, 2.05) is 25.1 Å². The molecular formula is C16H25NO3. The van der Waals surface area contributed by atoms with Crippen molar-refractivity contribution in [2.75, 3.05) is 20.3 Å². The van der Waals surface area contributed by atoms with Gasteiger partial charge in [0.1, 0.15) is 18.4 Å². The van der Waals surface area contributed by atoms with Crippen LogP contribution in [0.2, 0.25) is 0 Å². The predicted molar refractivity (Wildman–Crippen MR) is 80.1 cm³/mol. The molecule has 0 aliphatic heterocycles. The van der Waals surface area contributed by atoms with E-state index in [-0.39, 0.29) is 18.0 Å². The van der Waals surface area contributed by atoms with Gasteiger partial charge in [-0.15, -0.1) is 0 Å². The number of benzene rings is 1. The SMILES string of the molecule is CCNC(COc1ccccc1C(C)(C)C)C(=O)OC. The lowest BCUT2D eigenvalue weighted by molar-refractivity contribution is -0.143. The van der Waals surface area contributed by atoms with E-state index >= 15 is 0 Å². The molecule has 0 aromatic heterocycles. The van der Waals surface area contributed by atoms with E-state index in [2.05, 4.69) is 32.2 Å². The zero-order chi connectivity index (χ0) is 15.2. The first-order chi connectivity index (χ1) is 9.40. The molecule has 0 radical (unpaired) electrons. The van der Waals surface area contributed by atoms with Crippen LogP contribution in [-0.2, 0) is 14.9 Å². The fraction of sp³-hybridized carbons (Fsp3) is 0.562. The van der Waals surface area contributed by atoms with Crippen LogP contribution in [0.1, 0.15) is 33.3 Å². The molecule has 1 aromatic rings. The third-order valence-corrected chi connectivity index (χ3v) is 3.04. The van der Waals surface area contributed by atoms with Crippen molar-refractivity contribution in [2.45, 2.75) is 39.2 Å². The molecule has 0 aliphatic carbocycles. The van der Waals surface area contributed by atoms with Crippen LogP contribution in [-0.4, -0.2) is 32.3 Å². The smallest absolute Gasteiger partial charge is 0.326 e. The third kappa shape index (κ3) is 4.53. The fourth-order valence-corrected chi connectivity index (χ4v) is 1.98. The molecule has 0 aliphatic rings. The largest absolute Gasteiger partial charge is 0.491 e. The van der Waals surface area contributed by atoms with E-state index in [0.29, 0.717) is 6.54 Å². The van der Waals surface area contributed by atoms with Crippen molar-refractivity contribution in [3.05, 3.63) is 29.8 Å². The maximum absolute atomic E-state index is 11.6. The highest BCUT2D eigenvalue weighted by atomic mass is 16.5. The van der Waals surface area contributed by atoms with Crippen molar-refractivity contribution < 1.29 is 14.3 Å². The molecule has 0 bridgehead atoms. The number of hydrogen-bond donors (Lipinski definition) is 1. The Morgan fingerprint density at radius 1 is 1.30 bits per heavy atom. The van der Waals surface area contributed by atoms with Crippen LogP contribution in [0.3, 0.4) is 0 Å². The number of carbonyl (C=O) groups is 1. The van der Waals surface area contributed by atoms with Gasteiger partial charge in [0.05, 0.1) is 7.11 Å². The van der Waals surface area contributed by atoms with Crippen molar-refractivity contribution in [2.24, 2.45) is 0 Å². The van der Waals surface area contributed by atoms with E-state index in [1.165, 1.54) is 7.11 Å². The number of rotatable bonds is 6. The van der Waals surface area contributed by atoms with Crippen molar-refractivity contribution in [3.8, 4) is 5.75 Å². The van der Waals surface area contributed by atoms with E-state index < -0.39 is 6.04 Å². The Balaban J connectivity index is 2.80. The summed E-state index contributed by atoms with van der Waals surface area (Å²) < 4.78 is 10.6. The Kier molecular flexibility index (Phi) is 6.02. The minimum Gasteiger partial charge on any atom is -0.491 e. The Hall–Kier alpha value is -1.55. The molecule has 0 spiro atoms. The molecule has 20 heavy (non-hydrogen) atoms. The van der Waals surface area contributed by atoms with Crippen LogP contribution >= 0.6 is 0 Å². The second-order valence-electron chi connectivity index (χ2n) is 5.69. The first-order valence-electron chi connectivity index (χ1n) is 6.93. The molecule has 1 unspecified atom stereocenters. The first kappa shape index (κ1) is 16.5. The van der Waals surface area contributed by atoms with Gasteiger partial charge in [-0.3, -0.25) is 4.79 Å². The van der Waals surface area contributed by atoms with Gasteiger partial charge in [0, 0.05) is 0 Å². The molecule has 0 saturated carbocycles. The van der Waals surface area contributed by atoms with Gasteiger partial charge in [-0.1, -0.05) is 45.9 Å². The Morgan fingerprint density at radius 2 is 1.95 bits per heavy atom. The normalized spacial score (nSPS) is 12.8. The summed E-state index contributed by atoms with van der Waals surface area (Å²) in [4.78, 5) is 11.6. The average molecular weight is 279 g/mol. The lowest BCUT2D eigenvalue weighted by Gasteiger charge is -2.24. The van der Waals surface area contributed by atoms with Crippen molar-refractivity contribution in [1.82, 2.24) is 5.32 Å². The van der Waals surface area contributed by atoms with Gasteiger partial charge in [0.15, 0.2) is 0 Å². The second kappa shape index (κ2) is 7.29. The molecule has 1 atom stereocenters. The van der Waals surface area contributed by atoms with Gasteiger partial charge in [-0.2, -0.15) is 0 Å². The number of methoxy groups -OCH3 is 1. The molecule has 0 fully saturated rings. The second-order valence-corrected chi connectivity index (χ2v) is 5.69. The maximum Gasteiger partial charge on any atom is 0.326 e. The van der Waals surface area contributed by atoms with Gasteiger partial charge in [0.25, 0.3) is 0 Å². The lowest BCUT2D eigenvalue weighted by Crippen LogP contribution is -2.42. The molecule has 1 rings (SSSR count). The number of hydrogen-bond acceptors (Lipinski definition) is 4. The average Bonchev–Trinajstić information content (AvgIpc) is 2.42. The van der Waals surface area contributed by atoms with Crippen LogP contribution in [0.5, 0.6) is 5.75 Å². The minimum absolute atomic E-state index is 0.00442. The third-order valence-electron chi connectivity index (χ3n) is 3.04. The summed E-state index contributed by atoms with van der Waals surface area (Å²) in [6.07, 6.45) is 0. The lowest BCUT2D eigenvalue weighted by atomic mass is 9.86. The van der Waals surface area contributed by atoms with Gasteiger partial charge in [-0.25, -0.2) is 0 Å². The van der Waals surface area contributed by atoms with E-state index in [0.717, 1.165) is 11.3 Å². The van der Waals surface area contributed by atoms with Gasteiger partial charge in [-0.05, 0) is 23.6 Å². The summed E-state index contributed by atoms with van der Waals surface area (Å²) in [5.74, 6) is 0.506. The minimum atomic E-state index is -0.446. The van der Waals surface area contributed by atoms with Gasteiger partial charge >= 0.3 is 5.97 Å². The summed E-state index contributed by atoms with van der Waals surface area (Å²) in [6.45, 7) is 9.29. The van der Waals surface area contributed by atoms with Crippen LogP contribution < -0.4 is 10.1 Å². The summed E-state index contributed by atoms with van der Waals surface area (Å²) in [5, 5.41) is 3.06. The molecule has 112 valence electrons. The van der Waals surface area contributed by atoms with Crippen LogP contribution in [0.25, 0.3) is 0 Å². The number of para-hydroxylation sites is 1. The number of ether oxygens (including phenoxy) is 2. The van der Waals surface area contributed by atoms with Crippen LogP contribution in [0.15, 0.2) is 24.3 Å². The summed E-state index contributed by atoms with van der Waals surface area (Å²) in [7, 11) is 1.38. The molecule has 4 nitrogen and oxygen atoms in total. The van der Waals surface area contributed by atoms with Crippen molar-refractivity contribution in [3.63, 3.8) is 0 Å². The predicted octanol–water partition coefficient (Wildman–Crippen LogP) is 2.51. The van der Waals surface area contributed by atoms with E-state index in [9.17, 15) is 4.79 Å². The van der Waals surface area contributed by atoms with Crippen LogP contribution in [0.4, 0.5) is 0 Å². The van der Waals surface area contributed by atoms with E-state index in [1.54, 1.807) is 0 Å². The van der Waals surface area contributed by atoms with Gasteiger partial charge < -0.3 is 14.8 Å². The summed E-state index contributed by atoms with van der Waals surface area (Å²) in [6, 6.07) is 7.47. The Labute approximate surface area is 121 Å². The molecule has 1 N–H and O–H groups in total.